The molecule has 0 aliphatic carbocycles. The number of hydrogen-bond acceptors (Lipinski definition) is 8. The van der Waals surface area contributed by atoms with Gasteiger partial charge in [0.15, 0.2) is 17.3 Å². The lowest BCUT2D eigenvalue weighted by atomic mass is 9.80. The third kappa shape index (κ3) is 7.67. The summed E-state index contributed by atoms with van der Waals surface area (Å²) in [5.41, 5.74) is 2.44. The Bertz CT molecular complexity index is 1940. The predicted octanol–water partition coefficient (Wildman–Crippen LogP) is 6.40. The summed E-state index contributed by atoms with van der Waals surface area (Å²) in [5, 5.41) is 10.1. The van der Waals surface area contributed by atoms with Crippen LogP contribution >= 0.6 is 11.6 Å². The molecule has 51 heavy (non-hydrogen) atoms. The van der Waals surface area contributed by atoms with E-state index in [4.69, 9.17) is 22.1 Å². The molecule has 2 atom stereocenters. The molecule has 2 amide bonds. The number of aromatic nitrogens is 5. The number of nitrogens with zero attached hydrogens (tertiary/aromatic N) is 7. The maximum atomic E-state index is 15.6. The van der Waals surface area contributed by atoms with E-state index in [1.165, 1.54) is 49.3 Å². The standard InChI is InChI=1S/C33H35ClF5N9O3/c1-31(2,39)16-33(21-9-6-18(7-10-21)20-13-42-47(14-20)28(37)38)27(49)48(29(40)44-33)24(15-51-30(50)45-32(3,4)26(35)36)19-8-11-23(34)22(12-19)25-41-17-43-46(25)5/h6-14,17,24,26,28H,15-16H2,1-5H3,(H2,40,44)(H,45,50)/t24-,33-/m1/s1. The Morgan fingerprint density at radius 3 is 2.31 bits per heavy atom. The molecule has 18 heteroatoms. The zero-order valence-electron chi connectivity index (χ0n) is 28.1. The molecule has 2 aromatic carbocycles. The monoisotopic (exact) mass is 735 g/mol. The second-order valence-electron chi connectivity index (χ2n) is 13.2. The van der Waals surface area contributed by atoms with Crippen molar-refractivity contribution in [2.24, 2.45) is 17.8 Å². The minimum atomic E-state index is -2.93. The minimum absolute atomic E-state index is 0.237. The summed E-state index contributed by atoms with van der Waals surface area (Å²) >= 11 is 6.52. The van der Waals surface area contributed by atoms with E-state index in [9.17, 15) is 27.2 Å². The number of guanidine groups is 1. The van der Waals surface area contributed by atoms with Crippen molar-refractivity contribution in [3.05, 3.63) is 77.3 Å². The number of benzene rings is 2. The lowest BCUT2D eigenvalue weighted by molar-refractivity contribution is -0.135. The molecule has 272 valence electrons. The largest absolute Gasteiger partial charge is 0.447 e. The van der Waals surface area contributed by atoms with Crippen molar-refractivity contribution >= 4 is 29.6 Å². The first-order chi connectivity index (χ1) is 23.8. The molecule has 0 saturated carbocycles. The molecule has 1 aliphatic heterocycles. The van der Waals surface area contributed by atoms with Crippen LogP contribution in [-0.4, -0.2) is 71.6 Å². The van der Waals surface area contributed by atoms with Gasteiger partial charge in [0.2, 0.25) is 0 Å². The van der Waals surface area contributed by atoms with Gasteiger partial charge in [0.25, 0.3) is 12.3 Å². The highest BCUT2D eigenvalue weighted by Gasteiger charge is 2.54. The van der Waals surface area contributed by atoms with Gasteiger partial charge in [-0.15, -0.1) is 0 Å². The lowest BCUT2D eigenvalue weighted by Crippen LogP contribution is -2.50. The van der Waals surface area contributed by atoms with E-state index in [1.54, 1.807) is 31.3 Å². The van der Waals surface area contributed by atoms with Gasteiger partial charge in [0.05, 0.1) is 22.8 Å². The normalized spacial score (nSPS) is 17.3. The molecule has 0 bridgehead atoms. The van der Waals surface area contributed by atoms with E-state index in [0.29, 0.717) is 32.8 Å². The van der Waals surface area contributed by atoms with E-state index in [1.807, 2.05) is 0 Å². The Balaban J connectivity index is 1.57. The van der Waals surface area contributed by atoms with Crippen LogP contribution in [0.2, 0.25) is 5.02 Å². The first-order valence-corrected chi connectivity index (χ1v) is 15.9. The van der Waals surface area contributed by atoms with Crippen LogP contribution in [0.4, 0.5) is 26.7 Å². The Morgan fingerprint density at radius 2 is 1.75 bits per heavy atom. The Labute approximate surface area is 294 Å². The molecule has 0 unspecified atom stereocenters. The van der Waals surface area contributed by atoms with Gasteiger partial charge < -0.3 is 15.8 Å². The molecule has 0 saturated heterocycles. The summed E-state index contributed by atoms with van der Waals surface area (Å²) in [6, 6.07) is 9.56. The van der Waals surface area contributed by atoms with E-state index >= 15 is 4.39 Å². The third-order valence-corrected chi connectivity index (χ3v) is 8.61. The zero-order chi connectivity index (χ0) is 37.5. The highest BCUT2D eigenvalue weighted by Crippen LogP contribution is 2.44. The number of halogens is 6. The number of amides is 2. The topological polar surface area (TPSA) is 146 Å². The molecule has 5 rings (SSSR count). The van der Waals surface area contributed by atoms with Crippen LogP contribution in [0.25, 0.3) is 22.5 Å². The van der Waals surface area contributed by atoms with Crippen LogP contribution in [0, 0.1) is 0 Å². The molecular weight excluding hydrogens is 701 g/mol. The van der Waals surface area contributed by atoms with Gasteiger partial charge in [-0.1, -0.05) is 41.9 Å². The number of carbonyl (C=O) groups excluding carboxylic acids is 2. The first-order valence-electron chi connectivity index (χ1n) is 15.5. The number of hydrogen-bond donors (Lipinski definition) is 2. The molecule has 1 aliphatic rings. The van der Waals surface area contributed by atoms with Crippen molar-refractivity contribution in [2.75, 3.05) is 6.61 Å². The molecule has 0 fully saturated rings. The number of carbonyl (C=O) groups is 2. The Kier molecular flexibility index (Phi) is 10.2. The van der Waals surface area contributed by atoms with Crippen LogP contribution in [0.3, 0.4) is 0 Å². The zero-order valence-corrected chi connectivity index (χ0v) is 28.9. The summed E-state index contributed by atoms with van der Waals surface area (Å²) in [7, 11) is 1.64. The molecule has 3 N–H and O–H groups in total. The maximum absolute atomic E-state index is 15.6. The quantitative estimate of drug-likeness (QED) is 0.160. The van der Waals surface area contributed by atoms with Gasteiger partial charge in [-0.2, -0.15) is 19.0 Å². The Morgan fingerprint density at radius 1 is 1.06 bits per heavy atom. The van der Waals surface area contributed by atoms with Crippen LogP contribution in [-0.2, 0) is 22.1 Å². The average Bonchev–Trinajstić information content (AvgIpc) is 3.76. The van der Waals surface area contributed by atoms with Crippen LogP contribution in [0.15, 0.2) is 66.2 Å². The van der Waals surface area contributed by atoms with Crippen molar-refractivity contribution in [2.45, 2.75) is 69.9 Å². The number of alkyl halides is 5. The van der Waals surface area contributed by atoms with Crippen molar-refractivity contribution < 1.29 is 36.3 Å². The summed E-state index contributed by atoms with van der Waals surface area (Å²) in [4.78, 5) is 37.3. The molecule has 12 nitrogen and oxygen atoms in total. The lowest BCUT2D eigenvalue weighted by Gasteiger charge is -2.34. The van der Waals surface area contributed by atoms with Gasteiger partial charge in [0.1, 0.15) is 18.6 Å². The fraction of sp³-hybridized carbons (Fsp3) is 0.394. The van der Waals surface area contributed by atoms with Gasteiger partial charge in [0, 0.05) is 30.8 Å². The number of aryl methyl sites for hydroxylation is 1. The van der Waals surface area contributed by atoms with Crippen molar-refractivity contribution in [3.63, 3.8) is 0 Å². The molecule has 0 spiro atoms. The molecule has 4 aromatic rings. The summed E-state index contributed by atoms with van der Waals surface area (Å²) in [6.45, 7) is 1.32. The van der Waals surface area contributed by atoms with Gasteiger partial charge in [-0.3, -0.25) is 9.69 Å². The van der Waals surface area contributed by atoms with Crippen LogP contribution in [0.5, 0.6) is 0 Å². The van der Waals surface area contributed by atoms with Gasteiger partial charge in [-0.05, 0) is 56.5 Å². The highest BCUT2D eigenvalue weighted by atomic mass is 35.5. The third-order valence-electron chi connectivity index (χ3n) is 8.28. The van der Waals surface area contributed by atoms with Crippen LogP contribution < -0.4 is 11.1 Å². The number of ether oxygens (including phenoxy) is 1. The van der Waals surface area contributed by atoms with E-state index < -0.39 is 60.8 Å². The highest BCUT2D eigenvalue weighted by molar-refractivity contribution is 6.33. The number of rotatable bonds is 12. The second-order valence-corrected chi connectivity index (χ2v) is 13.6. The van der Waals surface area contributed by atoms with E-state index in [2.05, 4.69) is 25.5 Å². The van der Waals surface area contributed by atoms with E-state index in [-0.39, 0.29) is 16.5 Å². The van der Waals surface area contributed by atoms with Crippen LogP contribution in [0.1, 0.15) is 57.8 Å². The molecule has 3 heterocycles. The predicted molar refractivity (Wildman–Crippen MR) is 178 cm³/mol. The first kappa shape index (κ1) is 37.2. The molecule has 2 aromatic heterocycles. The number of aliphatic imine (C=N–C) groups is 1. The smallest absolute Gasteiger partial charge is 0.407 e. The summed E-state index contributed by atoms with van der Waals surface area (Å²) < 4.78 is 76.3. The fourth-order valence-corrected chi connectivity index (χ4v) is 5.94. The average molecular weight is 736 g/mol. The minimum Gasteiger partial charge on any atom is -0.447 e. The molecular formula is C33H35ClF5N9O3. The summed E-state index contributed by atoms with van der Waals surface area (Å²) in [6.07, 6.45) is -0.873. The second kappa shape index (κ2) is 13.9. The van der Waals surface area contributed by atoms with Crippen molar-refractivity contribution in [1.82, 2.24) is 34.8 Å². The summed E-state index contributed by atoms with van der Waals surface area (Å²) in [5.74, 6) is -0.760. The van der Waals surface area contributed by atoms with E-state index in [0.717, 1.165) is 24.9 Å². The Hall–Kier alpha value is -5.06. The molecule has 0 radical (unpaired) electrons. The van der Waals surface area contributed by atoms with Gasteiger partial charge >= 0.3 is 12.6 Å². The van der Waals surface area contributed by atoms with Gasteiger partial charge in [-0.25, -0.2) is 37.3 Å². The van der Waals surface area contributed by atoms with Crippen molar-refractivity contribution in [1.29, 1.82) is 0 Å². The fourth-order valence-electron chi connectivity index (χ4n) is 5.74. The number of alkyl carbamates (subject to hydrolysis) is 1. The number of nitrogens with one attached hydrogen (secondary N) is 1. The number of nitrogens with two attached hydrogens (primary N) is 1. The maximum Gasteiger partial charge on any atom is 0.407 e. The van der Waals surface area contributed by atoms with Crippen molar-refractivity contribution in [3.8, 4) is 22.5 Å². The SMILES string of the molecule is Cn1ncnc1-c1cc([C@@H](COC(=O)NC(C)(C)C(F)F)N2C(=O)[C@@](CC(C)(C)F)(c3ccc(-c4cnn(C(F)F)c4)cc3)N=C2N)ccc1Cl.